The first-order chi connectivity index (χ1) is 14.6. The molecule has 164 valence electrons. The molecule has 0 saturated carbocycles. The van der Waals surface area contributed by atoms with E-state index in [9.17, 15) is 22.0 Å². The molecule has 31 heavy (non-hydrogen) atoms. The molecular formula is C21H22F2N4O3S. The molecule has 0 aliphatic rings. The van der Waals surface area contributed by atoms with E-state index < -0.39 is 27.4 Å². The fourth-order valence-corrected chi connectivity index (χ4v) is 3.73. The monoisotopic (exact) mass is 448 g/mol. The summed E-state index contributed by atoms with van der Waals surface area (Å²) in [6.07, 6.45) is 5.26. The van der Waals surface area contributed by atoms with Crippen molar-refractivity contribution in [2.45, 2.75) is 37.8 Å². The van der Waals surface area contributed by atoms with Crippen LogP contribution in [-0.4, -0.2) is 35.3 Å². The van der Waals surface area contributed by atoms with Crippen LogP contribution in [0.2, 0.25) is 0 Å². The van der Waals surface area contributed by atoms with Gasteiger partial charge in [0.1, 0.15) is 0 Å². The molecule has 0 radical (unpaired) electrons. The van der Waals surface area contributed by atoms with E-state index in [2.05, 4.69) is 15.4 Å². The Bertz CT molecular complexity index is 1210. The molecule has 1 N–H and O–H groups in total. The Morgan fingerprint density at radius 2 is 1.90 bits per heavy atom. The van der Waals surface area contributed by atoms with E-state index in [1.54, 1.807) is 13.0 Å². The number of rotatable bonds is 7. The van der Waals surface area contributed by atoms with Gasteiger partial charge < -0.3 is 5.32 Å². The van der Waals surface area contributed by atoms with Crippen molar-refractivity contribution in [3.8, 4) is 5.69 Å². The summed E-state index contributed by atoms with van der Waals surface area (Å²) >= 11 is 0. The first-order valence-corrected chi connectivity index (χ1v) is 11.5. The highest BCUT2D eigenvalue weighted by Gasteiger charge is 2.21. The third kappa shape index (κ3) is 4.96. The number of nitrogens with one attached hydrogen (secondary N) is 1. The molecule has 0 aliphatic carbocycles. The maximum Gasteiger partial charge on any atom is 0.255 e. The van der Waals surface area contributed by atoms with Gasteiger partial charge in [0.05, 0.1) is 29.2 Å². The first kappa shape index (κ1) is 22.5. The number of carbonyl (C=O) groups is 1. The number of sulfone groups is 1. The van der Waals surface area contributed by atoms with E-state index in [1.165, 1.54) is 29.2 Å². The van der Waals surface area contributed by atoms with Crippen LogP contribution in [0.4, 0.5) is 8.78 Å². The van der Waals surface area contributed by atoms with Gasteiger partial charge in [0.25, 0.3) is 5.91 Å². The zero-order valence-corrected chi connectivity index (χ0v) is 18.1. The van der Waals surface area contributed by atoms with E-state index in [-0.39, 0.29) is 16.6 Å². The molecule has 1 atom stereocenters. The smallest absolute Gasteiger partial charge is 0.255 e. The summed E-state index contributed by atoms with van der Waals surface area (Å²) in [5.74, 6) is -2.37. The molecule has 0 bridgehead atoms. The van der Waals surface area contributed by atoms with Crippen molar-refractivity contribution in [1.29, 1.82) is 0 Å². The number of pyridine rings is 1. The average Bonchev–Trinajstić information content (AvgIpc) is 3.10. The fraction of sp³-hybridized carbons (Fsp3) is 0.286. The summed E-state index contributed by atoms with van der Waals surface area (Å²) in [5.41, 5.74) is 1.71. The minimum absolute atomic E-state index is 0.0403. The lowest BCUT2D eigenvalue weighted by Gasteiger charge is -2.18. The van der Waals surface area contributed by atoms with Crippen LogP contribution in [0.5, 0.6) is 0 Å². The van der Waals surface area contributed by atoms with Crippen LogP contribution in [0, 0.1) is 18.6 Å². The van der Waals surface area contributed by atoms with Gasteiger partial charge in [0, 0.05) is 18.5 Å². The number of hydrogen-bond acceptors (Lipinski definition) is 5. The van der Waals surface area contributed by atoms with Crippen LogP contribution in [0.15, 0.2) is 47.8 Å². The third-order valence-corrected chi connectivity index (χ3v) is 5.83. The van der Waals surface area contributed by atoms with Gasteiger partial charge in [-0.05, 0) is 37.1 Å². The molecule has 0 aliphatic heterocycles. The number of carbonyl (C=O) groups excluding carboxylic acids is 1. The Hall–Kier alpha value is -3.14. The van der Waals surface area contributed by atoms with Crippen molar-refractivity contribution in [2.24, 2.45) is 0 Å². The van der Waals surface area contributed by atoms with Gasteiger partial charge in [-0.25, -0.2) is 26.9 Å². The summed E-state index contributed by atoms with van der Waals surface area (Å²) in [5, 5.41) is 7.01. The van der Waals surface area contributed by atoms with E-state index in [1.807, 2.05) is 6.92 Å². The lowest BCUT2D eigenvalue weighted by molar-refractivity contribution is 0.0933. The van der Waals surface area contributed by atoms with Crippen molar-refractivity contribution in [2.75, 3.05) is 6.26 Å². The maximum absolute atomic E-state index is 13.6. The maximum atomic E-state index is 13.6. The van der Waals surface area contributed by atoms with Crippen LogP contribution < -0.4 is 5.32 Å². The largest absolute Gasteiger partial charge is 0.345 e. The van der Waals surface area contributed by atoms with Gasteiger partial charge in [-0.15, -0.1) is 0 Å². The second-order valence-electron chi connectivity index (χ2n) is 7.17. The first-order valence-electron chi connectivity index (χ1n) is 9.58. The minimum Gasteiger partial charge on any atom is -0.345 e. The molecule has 0 saturated heterocycles. The highest BCUT2D eigenvalue weighted by Crippen LogP contribution is 2.22. The predicted octanol–water partition coefficient (Wildman–Crippen LogP) is 3.53. The summed E-state index contributed by atoms with van der Waals surface area (Å²) in [7, 11) is -3.42. The number of halogens is 2. The van der Waals surface area contributed by atoms with Crippen LogP contribution in [0.1, 0.15) is 47.4 Å². The molecule has 0 fully saturated rings. The minimum atomic E-state index is -3.42. The average molecular weight is 448 g/mol. The van der Waals surface area contributed by atoms with Crippen LogP contribution in [0.3, 0.4) is 0 Å². The highest BCUT2D eigenvalue weighted by atomic mass is 32.2. The number of aromatic nitrogens is 3. The number of amides is 1. The van der Waals surface area contributed by atoms with Crippen molar-refractivity contribution in [1.82, 2.24) is 20.1 Å². The van der Waals surface area contributed by atoms with Crippen molar-refractivity contribution >= 4 is 15.7 Å². The molecule has 3 rings (SSSR count). The Balaban J connectivity index is 1.84. The lowest BCUT2D eigenvalue weighted by atomic mass is 10.0. The summed E-state index contributed by atoms with van der Waals surface area (Å²) < 4.78 is 51.4. The Labute approximate surface area is 179 Å². The lowest BCUT2D eigenvalue weighted by Crippen LogP contribution is -2.29. The molecule has 2 aromatic heterocycles. The Morgan fingerprint density at radius 3 is 2.48 bits per heavy atom. The molecule has 2 heterocycles. The van der Waals surface area contributed by atoms with Crippen LogP contribution in [0.25, 0.3) is 5.69 Å². The quantitative estimate of drug-likeness (QED) is 0.597. The third-order valence-electron chi connectivity index (χ3n) is 4.83. The zero-order valence-electron chi connectivity index (χ0n) is 17.3. The highest BCUT2D eigenvalue weighted by molar-refractivity contribution is 7.90. The van der Waals surface area contributed by atoms with Crippen molar-refractivity contribution in [3.05, 3.63) is 71.2 Å². The number of hydrogen-bond donors (Lipinski definition) is 1. The molecule has 1 unspecified atom stereocenters. The van der Waals surface area contributed by atoms with Gasteiger partial charge in [-0.2, -0.15) is 5.10 Å². The Kier molecular flexibility index (Phi) is 6.49. The summed E-state index contributed by atoms with van der Waals surface area (Å²) in [4.78, 5) is 16.9. The zero-order chi connectivity index (χ0) is 22.8. The molecule has 10 heteroatoms. The van der Waals surface area contributed by atoms with Gasteiger partial charge in [0.15, 0.2) is 26.5 Å². The van der Waals surface area contributed by atoms with Gasteiger partial charge in [-0.3, -0.25) is 4.79 Å². The van der Waals surface area contributed by atoms with Gasteiger partial charge >= 0.3 is 0 Å². The van der Waals surface area contributed by atoms with E-state index in [0.29, 0.717) is 23.4 Å². The van der Waals surface area contributed by atoms with Crippen molar-refractivity contribution < 1.29 is 22.0 Å². The molecule has 1 aromatic carbocycles. The molecule has 1 amide bonds. The van der Waals surface area contributed by atoms with E-state index in [4.69, 9.17) is 0 Å². The number of nitrogens with zero attached hydrogens (tertiary/aromatic N) is 3. The topological polar surface area (TPSA) is 94.0 Å². The predicted molar refractivity (Wildman–Crippen MR) is 111 cm³/mol. The van der Waals surface area contributed by atoms with Crippen LogP contribution in [-0.2, 0) is 9.84 Å². The molecule has 7 nitrogen and oxygen atoms in total. The Morgan fingerprint density at radius 1 is 1.16 bits per heavy atom. The van der Waals surface area contributed by atoms with Crippen LogP contribution >= 0.6 is 0 Å². The summed E-state index contributed by atoms with van der Waals surface area (Å²) in [6, 6.07) is 6.02. The molecule has 0 spiro atoms. The molecule has 3 aromatic rings. The summed E-state index contributed by atoms with van der Waals surface area (Å²) in [6.45, 7) is 3.62. The van der Waals surface area contributed by atoms with Gasteiger partial charge in [-0.1, -0.05) is 19.4 Å². The normalized spacial score (nSPS) is 12.5. The number of benzene rings is 1. The standard InChI is InChI=1S/C21H22F2N4O3S/c1-4-5-19(14-6-9-20(24-11-14)31(3,29)30)26-21(28)16-12-25-27(13(16)2)15-7-8-17(22)18(23)10-15/h6-12,19H,4-5H2,1-3H3,(H,26,28). The van der Waals surface area contributed by atoms with Crippen molar-refractivity contribution in [3.63, 3.8) is 0 Å². The SMILES string of the molecule is CCCC(NC(=O)c1cnn(-c2ccc(F)c(F)c2)c1C)c1ccc(S(C)(=O)=O)nc1. The van der Waals surface area contributed by atoms with E-state index in [0.717, 1.165) is 24.8 Å². The van der Waals surface area contributed by atoms with Gasteiger partial charge in [0.2, 0.25) is 0 Å². The molecular weight excluding hydrogens is 426 g/mol. The van der Waals surface area contributed by atoms with E-state index >= 15 is 0 Å². The second kappa shape index (κ2) is 8.93. The fourth-order valence-electron chi connectivity index (χ4n) is 3.17. The second-order valence-corrected chi connectivity index (χ2v) is 9.13.